The molecule has 42 heteroatoms. The Labute approximate surface area is 483 Å². The first-order chi connectivity index (χ1) is 38.8. The van der Waals surface area contributed by atoms with Crippen LogP contribution in [0.3, 0.4) is 0 Å². The van der Waals surface area contributed by atoms with Crippen molar-refractivity contribution in [3.8, 4) is 0 Å². The fourth-order valence-corrected chi connectivity index (χ4v) is 11.4. The van der Waals surface area contributed by atoms with Crippen LogP contribution in [0.5, 0.6) is 0 Å². The third kappa shape index (κ3) is 14.2. The van der Waals surface area contributed by atoms with Crippen LogP contribution in [0, 0.1) is 13.8 Å². The minimum Gasteiger partial charge on any atom is -0.396 e. The van der Waals surface area contributed by atoms with E-state index < -0.39 is 146 Å². The van der Waals surface area contributed by atoms with Crippen LogP contribution in [-0.4, -0.2) is 119 Å². The van der Waals surface area contributed by atoms with Crippen LogP contribution in [0.4, 0.5) is 69.3 Å². The second kappa shape index (κ2) is 22.7. The Morgan fingerprint density at radius 3 is 1.38 bits per heavy atom. The van der Waals surface area contributed by atoms with E-state index in [0.717, 1.165) is 60.7 Å². The summed E-state index contributed by atoms with van der Waals surface area (Å²) >= 11 is 12.3. The number of nitrogens with two attached hydrogens (primary N) is 1. The zero-order valence-electron chi connectivity index (χ0n) is 41.4. The average molecular weight is 1320 g/mol. The number of benzene rings is 5. The predicted octanol–water partition coefficient (Wildman–Crippen LogP) is 6.08. The molecule has 0 spiro atoms. The molecule has 0 saturated heterocycles. The normalized spacial score (nSPS) is 13.8. The molecule has 7 aromatic rings. The van der Waals surface area contributed by atoms with E-state index in [2.05, 4.69) is 71.9 Å². The molecule has 1 aliphatic carbocycles. The van der Waals surface area contributed by atoms with Gasteiger partial charge in [-0.2, -0.15) is 85.5 Å². The molecule has 0 bridgehead atoms. The van der Waals surface area contributed by atoms with E-state index in [4.69, 9.17) is 28.9 Å². The van der Waals surface area contributed by atoms with E-state index in [1.165, 1.54) is 26.0 Å². The van der Waals surface area contributed by atoms with Crippen molar-refractivity contribution in [2.75, 3.05) is 32.4 Å². The number of azo groups is 1. The van der Waals surface area contributed by atoms with E-state index in [1.54, 1.807) is 0 Å². The topological polar surface area (TPSA) is 544 Å². The van der Waals surface area contributed by atoms with Gasteiger partial charge in [0.2, 0.25) is 40.1 Å². The molecule has 2 heterocycles. The highest BCUT2D eigenvalue weighted by Crippen LogP contribution is 2.42. The van der Waals surface area contributed by atoms with Gasteiger partial charge in [0.1, 0.15) is 31.0 Å². The number of nitrogens with one attached hydrogen (secondary N) is 5. The average Bonchev–Trinajstić information content (AvgIpc) is 1.70. The van der Waals surface area contributed by atoms with Crippen molar-refractivity contribution in [1.29, 1.82) is 0 Å². The van der Waals surface area contributed by atoms with Gasteiger partial charge in [-0.1, -0.05) is 0 Å². The van der Waals surface area contributed by atoms with Gasteiger partial charge in [0.05, 0.1) is 26.7 Å². The summed E-state index contributed by atoms with van der Waals surface area (Å²) in [6.45, 7) is 2.97. The summed E-state index contributed by atoms with van der Waals surface area (Å²) < 4.78 is 208. The number of aryl methyl sites for hydroxylation is 2. The third-order valence-corrected chi connectivity index (χ3v) is 16.7. The second-order valence-corrected chi connectivity index (χ2v) is 26.0. The number of nitrogen functional groups attached to an aromatic ring is 1. The highest BCUT2D eigenvalue weighted by molar-refractivity contribution is 7.91. The molecule has 0 radical (unpaired) electrons. The number of halogens is 2. The molecular formula is C42H33Cl2N15O19S6. The second-order valence-electron chi connectivity index (χ2n) is 16.9. The minimum atomic E-state index is -5.59. The summed E-state index contributed by atoms with van der Waals surface area (Å²) in [5.74, 6) is -2.77. The number of hydrazone groups is 1. The summed E-state index contributed by atoms with van der Waals surface area (Å²) in [7, 11) is -30.7. The molecule has 5 aromatic carbocycles. The Kier molecular flexibility index (Phi) is 16.6. The number of hydrogen-bond donors (Lipinski definition) is 12. The number of anilines is 10. The Hall–Kier alpha value is -8.36. The van der Waals surface area contributed by atoms with Crippen molar-refractivity contribution >= 4 is 171 Å². The molecule has 0 fully saturated rings. The first kappa shape index (κ1) is 61.7. The van der Waals surface area contributed by atoms with Crippen LogP contribution in [0.15, 0.2) is 124 Å². The third-order valence-electron chi connectivity index (χ3n) is 11.1. The summed E-state index contributed by atoms with van der Waals surface area (Å²) in [5, 5.41) is 21.2. The summed E-state index contributed by atoms with van der Waals surface area (Å²) in [4.78, 5) is 32.9. The number of fused-ring (bicyclic) bond motifs is 1. The smallest absolute Gasteiger partial charge is 0.296 e. The first-order valence-electron chi connectivity index (χ1n) is 22.1. The zero-order chi connectivity index (χ0) is 61.8. The molecule has 34 nitrogen and oxygen atoms in total. The van der Waals surface area contributed by atoms with Gasteiger partial charge >= 0.3 is 0 Å². The molecule has 8 rings (SSSR count). The molecule has 0 unspecified atom stereocenters. The van der Waals surface area contributed by atoms with Gasteiger partial charge in [-0.15, -0.1) is 10.2 Å². The number of aromatic nitrogens is 6. The van der Waals surface area contributed by atoms with Crippen molar-refractivity contribution in [2.45, 2.75) is 38.3 Å². The van der Waals surface area contributed by atoms with Crippen LogP contribution < -0.4 is 32.4 Å². The molecule has 1 aliphatic rings. The monoisotopic (exact) mass is 1310 g/mol. The van der Waals surface area contributed by atoms with E-state index in [9.17, 15) is 82.6 Å². The van der Waals surface area contributed by atoms with Gasteiger partial charge < -0.3 is 27.0 Å². The van der Waals surface area contributed by atoms with Gasteiger partial charge in [-0.05, 0) is 139 Å². The van der Waals surface area contributed by atoms with Gasteiger partial charge in [-0.3, -0.25) is 37.5 Å². The lowest BCUT2D eigenvalue weighted by molar-refractivity contribution is 0.106. The largest absolute Gasteiger partial charge is 0.396 e. The van der Waals surface area contributed by atoms with Crippen molar-refractivity contribution in [3.63, 3.8) is 0 Å². The van der Waals surface area contributed by atoms with Gasteiger partial charge in [0, 0.05) is 22.7 Å². The molecule has 84 heavy (non-hydrogen) atoms. The first-order valence-corrected chi connectivity index (χ1v) is 31.5. The molecule has 0 aliphatic heterocycles. The van der Waals surface area contributed by atoms with E-state index >= 15 is 0 Å². The van der Waals surface area contributed by atoms with Crippen molar-refractivity contribution in [3.05, 3.63) is 117 Å². The predicted molar refractivity (Wildman–Crippen MR) is 297 cm³/mol. The SMILES string of the molecule is Cc1cc(S(=O)(=O)O)ccc1Nc1nc(Cl)nc(Nc2ccc(S(=O)(=O)O)c(N=Nc3c(S(=O)(=O)O)cc4c(c3N)C(=O)/C(=N\Nc3cc(Nc5nc(Cl)nc(Nc6ccc(S(=O)(=O)O)cc6C)n5)ccc3S(=O)(=O)O)C(S(=O)(=O)O)=C4)c2)n1. The number of carbonyl (C=O) groups is 1. The number of allylic oxidation sites excluding steroid dienone is 1. The highest BCUT2D eigenvalue weighted by Gasteiger charge is 2.37. The number of ketones is 1. The van der Waals surface area contributed by atoms with Crippen LogP contribution in [0.1, 0.15) is 27.0 Å². The highest BCUT2D eigenvalue weighted by atomic mass is 35.5. The molecule has 0 amide bonds. The fraction of sp³-hybridized carbons (Fsp3) is 0.0476. The quantitative estimate of drug-likeness (QED) is 0.0200. The van der Waals surface area contributed by atoms with Crippen LogP contribution >= 0.6 is 23.2 Å². The van der Waals surface area contributed by atoms with E-state index in [0.29, 0.717) is 23.3 Å². The van der Waals surface area contributed by atoms with E-state index in [-0.39, 0.29) is 46.5 Å². The zero-order valence-corrected chi connectivity index (χ0v) is 47.8. The lowest BCUT2D eigenvalue weighted by Gasteiger charge is -2.20. The number of carbonyl (C=O) groups excluding carboxylic acids is 1. The number of hydrogen-bond acceptors (Lipinski definition) is 28. The Morgan fingerprint density at radius 2 is 0.940 bits per heavy atom. The van der Waals surface area contributed by atoms with Gasteiger partial charge in [-0.25, -0.2) is 0 Å². The summed E-state index contributed by atoms with van der Waals surface area (Å²) in [6, 6.07) is 12.8. The van der Waals surface area contributed by atoms with Crippen molar-refractivity contribution in [2.24, 2.45) is 15.3 Å². The number of Topliss-reactive ketones (excluding diaryl/α,β-unsaturated/α-hetero) is 1. The van der Waals surface area contributed by atoms with Gasteiger partial charge in [0.15, 0.2) is 5.71 Å². The van der Waals surface area contributed by atoms with Crippen LogP contribution in [-0.2, 0) is 60.7 Å². The van der Waals surface area contributed by atoms with Gasteiger partial charge in [0.25, 0.3) is 60.7 Å². The van der Waals surface area contributed by atoms with Crippen molar-refractivity contribution < 1.29 is 82.6 Å². The maximum absolute atomic E-state index is 14.4. The van der Waals surface area contributed by atoms with E-state index in [1.807, 2.05) is 0 Å². The molecule has 0 saturated carbocycles. The lowest BCUT2D eigenvalue weighted by atomic mass is 9.92. The number of rotatable bonds is 18. The van der Waals surface area contributed by atoms with Crippen LogP contribution in [0.2, 0.25) is 10.6 Å². The lowest BCUT2D eigenvalue weighted by Crippen LogP contribution is -2.28. The molecular weight excluding hydrogens is 1280 g/mol. The molecule has 13 N–H and O–H groups in total. The Balaban J connectivity index is 1.14. The maximum atomic E-state index is 14.4. The maximum Gasteiger partial charge on any atom is 0.296 e. The molecule has 2 aromatic heterocycles. The number of nitrogens with zero attached hydrogens (tertiary/aromatic N) is 9. The Morgan fingerprint density at radius 1 is 0.488 bits per heavy atom. The minimum absolute atomic E-state index is 0.147. The summed E-state index contributed by atoms with van der Waals surface area (Å²) in [5.41, 5.74) is 2.56. The van der Waals surface area contributed by atoms with Crippen molar-refractivity contribution in [1.82, 2.24) is 29.9 Å². The molecule has 0 atom stereocenters. The van der Waals surface area contributed by atoms with Crippen LogP contribution in [0.25, 0.3) is 6.08 Å². The fourth-order valence-electron chi connectivity index (χ4n) is 7.43. The summed E-state index contributed by atoms with van der Waals surface area (Å²) in [6.07, 6.45) is 0.460. The Bertz CT molecular complexity index is 4810. The standard InChI is InChI=1S/C42H33Cl2N15O19S6/c1-17-11-22(79(61,62)63)5-7-24(17)48-41-52-37(43)50-39(54-41)46-20-3-9-28(81(67,68)69)26(15-20)56-58-34-30(83(73,74)75)13-19-14-31(84(76,77)78)35(36(60)32(19)33(34)45)59-57-27-16-21(4-10-29(27)82(70,71)72)47-40-51-38(44)53-42(55-40)49-25-8-6-23(12-18(25)2)80(64,65)66/h3-16,57H,45H2,1-2H3,(H,61,62,63)(H,64,65,66)(H,67,68,69)(H,70,71,72)(H,73,74,75)(H,76,77,78)(H2,46,48,50,52,54)(H2,47,49,51,53,55)/b58-56?,59-35-. The molecule has 440 valence electrons.